The number of halogens is 1. The van der Waals surface area contributed by atoms with Crippen molar-refractivity contribution in [1.82, 2.24) is 16.0 Å². The van der Waals surface area contributed by atoms with Crippen LogP contribution in [0.4, 0.5) is 0 Å². The number of ether oxygens (including phenoxy) is 1. The summed E-state index contributed by atoms with van der Waals surface area (Å²) in [7, 11) is -1.20. The molecule has 0 bridgehead atoms. The minimum absolute atomic E-state index is 0. The van der Waals surface area contributed by atoms with Crippen molar-refractivity contribution in [3.63, 3.8) is 0 Å². The van der Waals surface area contributed by atoms with Crippen LogP contribution in [0.2, 0.25) is 0 Å². The zero-order chi connectivity index (χ0) is 20.0. The topological polar surface area (TPSA) is 91.8 Å². The Morgan fingerprint density at radius 1 is 1.28 bits per heavy atom. The van der Waals surface area contributed by atoms with Crippen molar-refractivity contribution in [1.29, 1.82) is 0 Å². The lowest BCUT2D eigenvalue weighted by molar-refractivity contribution is 0.0354. The van der Waals surface area contributed by atoms with Gasteiger partial charge in [0.25, 0.3) is 0 Å². The van der Waals surface area contributed by atoms with E-state index in [0.717, 1.165) is 26.1 Å². The van der Waals surface area contributed by atoms with Crippen molar-refractivity contribution in [2.45, 2.75) is 43.8 Å². The number of guanidine groups is 1. The van der Waals surface area contributed by atoms with Gasteiger partial charge in [-0.1, -0.05) is 30.3 Å². The van der Waals surface area contributed by atoms with Crippen molar-refractivity contribution in [3.05, 3.63) is 35.9 Å². The van der Waals surface area contributed by atoms with Crippen LogP contribution in [0.5, 0.6) is 0 Å². The fourth-order valence-corrected chi connectivity index (χ4v) is 5.64. The molecule has 0 spiro atoms. The van der Waals surface area contributed by atoms with Gasteiger partial charge in [-0.3, -0.25) is 4.99 Å². The molecule has 3 rings (SSSR count). The maximum absolute atomic E-state index is 11.7. The predicted molar refractivity (Wildman–Crippen MR) is 128 cm³/mol. The molecular weight excluding hydrogens is 503 g/mol. The third kappa shape index (κ3) is 7.08. The molecular formula is C20H33IN4O3S. The summed E-state index contributed by atoms with van der Waals surface area (Å²) in [6, 6.07) is 10.6. The van der Waals surface area contributed by atoms with Crippen LogP contribution in [0.15, 0.2) is 35.3 Å². The summed E-state index contributed by atoms with van der Waals surface area (Å²) in [4.78, 5) is 4.29. The van der Waals surface area contributed by atoms with Gasteiger partial charge in [0.05, 0.1) is 11.5 Å². The van der Waals surface area contributed by atoms with E-state index in [0.29, 0.717) is 18.9 Å². The van der Waals surface area contributed by atoms with Crippen molar-refractivity contribution in [3.8, 4) is 0 Å². The van der Waals surface area contributed by atoms with Crippen LogP contribution >= 0.6 is 24.0 Å². The average Bonchev–Trinajstić information content (AvgIpc) is 3.05. The van der Waals surface area contributed by atoms with E-state index in [1.165, 1.54) is 5.56 Å². The molecule has 2 heterocycles. The first-order valence-electron chi connectivity index (χ1n) is 9.99. The Bertz CT molecular complexity index is 767. The van der Waals surface area contributed by atoms with Gasteiger partial charge < -0.3 is 20.7 Å². The lowest BCUT2D eigenvalue weighted by Gasteiger charge is -2.41. The van der Waals surface area contributed by atoms with E-state index in [1.54, 1.807) is 7.05 Å². The molecule has 2 aliphatic rings. The van der Waals surface area contributed by atoms with Gasteiger partial charge >= 0.3 is 0 Å². The lowest BCUT2D eigenvalue weighted by atomic mass is 9.88. The highest BCUT2D eigenvalue weighted by Gasteiger charge is 2.34. The molecule has 2 atom stereocenters. The fraction of sp³-hybridized carbons (Fsp3) is 0.650. The SMILES string of the molecule is CN=C(NCC1(NC(C)c2ccccc2)CCOCC1)NC1CCS(=O)(=O)C1.I. The fourth-order valence-electron chi connectivity index (χ4n) is 3.97. The predicted octanol–water partition coefficient (Wildman–Crippen LogP) is 1.86. The van der Waals surface area contributed by atoms with Gasteiger partial charge in [0, 0.05) is 44.4 Å². The maximum atomic E-state index is 11.7. The number of nitrogens with zero attached hydrogens (tertiary/aromatic N) is 1. The molecule has 2 aliphatic heterocycles. The molecule has 0 saturated carbocycles. The number of hydrogen-bond acceptors (Lipinski definition) is 5. The molecule has 1 aromatic rings. The molecule has 1 aromatic carbocycles. The van der Waals surface area contributed by atoms with Crippen LogP contribution < -0.4 is 16.0 Å². The molecule has 9 heteroatoms. The van der Waals surface area contributed by atoms with E-state index < -0.39 is 9.84 Å². The molecule has 0 amide bonds. The number of aliphatic imine (C=N–C) groups is 1. The Hall–Kier alpha value is -0.910. The average molecular weight is 536 g/mol. The first-order chi connectivity index (χ1) is 13.4. The monoisotopic (exact) mass is 536 g/mol. The Kier molecular flexibility index (Phi) is 9.17. The first-order valence-corrected chi connectivity index (χ1v) is 11.8. The van der Waals surface area contributed by atoms with E-state index in [-0.39, 0.29) is 53.1 Å². The lowest BCUT2D eigenvalue weighted by Crippen LogP contribution is -2.58. The van der Waals surface area contributed by atoms with Crippen LogP contribution in [0, 0.1) is 0 Å². The maximum Gasteiger partial charge on any atom is 0.191 e. The summed E-state index contributed by atoms with van der Waals surface area (Å²) in [6.45, 7) is 4.34. The molecule has 0 aromatic heterocycles. The minimum Gasteiger partial charge on any atom is -0.381 e. The van der Waals surface area contributed by atoms with E-state index in [9.17, 15) is 8.42 Å². The second-order valence-corrected chi connectivity index (χ2v) is 10.1. The van der Waals surface area contributed by atoms with Gasteiger partial charge in [-0.15, -0.1) is 24.0 Å². The Morgan fingerprint density at radius 2 is 1.97 bits per heavy atom. The molecule has 3 N–H and O–H groups in total. The second-order valence-electron chi connectivity index (χ2n) is 7.84. The number of rotatable bonds is 6. The highest BCUT2D eigenvalue weighted by Crippen LogP contribution is 2.25. The van der Waals surface area contributed by atoms with E-state index in [1.807, 2.05) is 6.07 Å². The number of sulfone groups is 1. The summed E-state index contributed by atoms with van der Waals surface area (Å²) >= 11 is 0. The van der Waals surface area contributed by atoms with Gasteiger partial charge in [-0.25, -0.2) is 8.42 Å². The smallest absolute Gasteiger partial charge is 0.191 e. The Labute approximate surface area is 191 Å². The van der Waals surface area contributed by atoms with Crippen molar-refractivity contribution in [2.24, 2.45) is 4.99 Å². The molecule has 164 valence electrons. The third-order valence-corrected chi connectivity index (χ3v) is 7.43. The standard InChI is InChI=1S/C20H32N4O3S.HI/c1-16(17-6-4-3-5-7-17)24-20(9-11-27-12-10-20)15-22-19(21-2)23-18-8-13-28(25,26)14-18;/h3-7,16,18,24H,8-15H2,1-2H3,(H2,21,22,23);1H. The largest absolute Gasteiger partial charge is 0.381 e. The van der Waals surface area contributed by atoms with Crippen molar-refractivity contribution < 1.29 is 13.2 Å². The van der Waals surface area contributed by atoms with Gasteiger partial charge in [-0.05, 0) is 31.7 Å². The van der Waals surface area contributed by atoms with Crippen molar-refractivity contribution >= 4 is 39.8 Å². The quantitative estimate of drug-likeness (QED) is 0.292. The zero-order valence-electron chi connectivity index (χ0n) is 17.2. The second kappa shape index (κ2) is 10.9. The van der Waals surface area contributed by atoms with E-state index >= 15 is 0 Å². The van der Waals surface area contributed by atoms with Crippen LogP contribution in [0.25, 0.3) is 0 Å². The number of nitrogens with one attached hydrogen (secondary N) is 3. The molecule has 29 heavy (non-hydrogen) atoms. The normalized spacial score (nSPS) is 24.3. The molecule has 2 fully saturated rings. The summed E-state index contributed by atoms with van der Waals surface area (Å²) in [6.07, 6.45) is 2.45. The zero-order valence-corrected chi connectivity index (χ0v) is 20.3. The number of hydrogen-bond donors (Lipinski definition) is 3. The summed E-state index contributed by atoms with van der Waals surface area (Å²) in [5, 5.41) is 10.5. The van der Waals surface area contributed by atoms with Gasteiger partial charge in [0.1, 0.15) is 0 Å². The summed E-state index contributed by atoms with van der Waals surface area (Å²) in [5.74, 6) is 1.08. The van der Waals surface area contributed by atoms with Crippen LogP contribution in [-0.4, -0.2) is 64.3 Å². The minimum atomic E-state index is -2.92. The van der Waals surface area contributed by atoms with Crippen molar-refractivity contribution in [2.75, 3.05) is 38.3 Å². The van der Waals surface area contributed by atoms with Crippen LogP contribution in [0.1, 0.15) is 37.8 Å². The highest BCUT2D eigenvalue weighted by atomic mass is 127. The van der Waals surface area contributed by atoms with Gasteiger partial charge in [0.2, 0.25) is 0 Å². The van der Waals surface area contributed by atoms with E-state index in [4.69, 9.17) is 4.74 Å². The Morgan fingerprint density at radius 3 is 2.55 bits per heavy atom. The highest BCUT2D eigenvalue weighted by molar-refractivity contribution is 14.0. The molecule has 0 aliphatic carbocycles. The summed E-state index contributed by atoms with van der Waals surface area (Å²) in [5.41, 5.74) is 1.15. The Balaban J connectivity index is 0.00000300. The third-order valence-electron chi connectivity index (χ3n) is 5.66. The molecule has 7 nitrogen and oxygen atoms in total. The molecule has 2 unspecified atom stereocenters. The molecule has 2 saturated heterocycles. The first kappa shape index (κ1) is 24.4. The van der Waals surface area contributed by atoms with Gasteiger partial charge in [0.15, 0.2) is 15.8 Å². The molecule has 0 radical (unpaired) electrons. The van der Waals surface area contributed by atoms with Gasteiger partial charge in [-0.2, -0.15) is 0 Å². The van der Waals surface area contributed by atoms with E-state index in [2.05, 4.69) is 52.1 Å². The van der Waals surface area contributed by atoms with Crippen LogP contribution in [-0.2, 0) is 14.6 Å². The summed E-state index contributed by atoms with van der Waals surface area (Å²) < 4.78 is 29.0. The van der Waals surface area contributed by atoms with Crippen LogP contribution in [0.3, 0.4) is 0 Å². The number of benzene rings is 1.